The maximum Gasteiger partial charge on any atom is 0.490 e. The van der Waals surface area contributed by atoms with Crippen molar-refractivity contribution in [1.82, 2.24) is 25.1 Å². The van der Waals surface area contributed by atoms with Gasteiger partial charge in [-0.1, -0.05) is 33.1 Å². The number of hydrogen-bond acceptors (Lipinski definition) is 5. The van der Waals surface area contributed by atoms with Gasteiger partial charge >= 0.3 is 18.2 Å². The summed E-state index contributed by atoms with van der Waals surface area (Å²) in [6.45, 7) is 7.25. The summed E-state index contributed by atoms with van der Waals surface area (Å²) in [5, 5.41) is 13.3. The van der Waals surface area contributed by atoms with Crippen LogP contribution >= 0.6 is 0 Å². The van der Waals surface area contributed by atoms with E-state index in [0.29, 0.717) is 50.9 Å². The van der Waals surface area contributed by atoms with E-state index >= 15 is 0 Å². The number of carbonyl (C=O) groups is 3. The van der Waals surface area contributed by atoms with E-state index in [1.165, 1.54) is 32.1 Å². The lowest BCUT2D eigenvalue weighted by Gasteiger charge is -2.45. The number of carbonyl (C=O) groups excluding carboxylic acids is 2. The number of urea groups is 1. The van der Waals surface area contributed by atoms with Gasteiger partial charge in [0.15, 0.2) is 6.10 Å². The van der Waals surface area contributed by atoms with E-state index in [1.54, 1.807) is 6.20 Å². The summed E-state index contributed by atoms with van der Waals surface area (Å²) in [7, 11) is 0. The van der Waals surface area contributed by atoms with E-state index in [2.05, 4.69) is 29.5 Å². The van der Waals surface area contributed by atoms with E-state index in [0.717, 1.165) is 12.4 Å². The lowest BCUT2D eigenvalue weighted by atomic mass is 9.88. The first kappa shape index (κ1) is 29.7. The van der Waals surface area contributed by atoms with E-state index in [1.807, 2.05) is 15.7 Å². The smallest absolute Gasteiger partial charge is 0.475 e. The molecular weight excluding hydrogens is 507 g/mol. The first-order chi connectivity index (χ1) is 17.9. The molecule has 3 heterocycles. The molecule has 2 aliphatic heterocycles. The van der Waals surface area contributed by atoms with Gasteiger partial charge in [-0.2, -0.15) is 13.2 Å². The highest BCUT2D eigenvalue weighted by Gasteiger charge is 2.47. The van der Waals surface area contributed by atoms with Crippen molar-refractivity contribution in [2.24, 2.45) is 11.8 Å². The molecule has 1 unspecified atom stereocenters. The van der Waals surface area contributed by atoms with Gasteiger partial charge in [0.1, 0.15) is 11.4 Å². The Balaban J connectivity index is 0.000000505. The van der Waals surface area contributed by atoms with Gasteiger partial charge < -0.3 is 29.9 Å². The summed E-state index contributed by atoms with van der Waals surface area (Å²) in [6, 6.07) is 0.0193. The number of halogens is 3. The Hall–Kier alpha value is -2.83. The van der Waals surface area contributed by atoms with E-state index in [4.69, 9.17) is 14.6 Å². The lowest BCUT2D eigenvalue weighted by molar-refractivity contribution is -0.192. The number of amides is 3. The van der Waals surface area contributed by atoms with Crippen LogP contribution in [0.25, 0.3) is 0 Å². The number of likely N-dealkylation sites (tertiary alicyclic amines) is 1. The van der Waals surface area contributed by atoms with Crippen molar-refractivity contribution in [3.63, 3.8) is 0 Å². The minimum atomic E-state index is -5.08. The molecule has 1 spiro atoms. The zero-order valence-electron chi connectivity index (χ0n) is 21.9. The van der Waals surface area contributed by atoms with Crippen molar-refractivity contribution >= 4 is 17.9 Å². The average Bonchev–Trinajstić information content (AvgIpc) is 3.36. The number of carboxylic acid groups (broad SMARTS) is 1. The molecule has 1 aliphatic carbocycles. The maximum absolute atomic E-state index is 12.7. The third-order valence-corrected chi connectivity index (χ3v) is 7.20. The molecule has 4 rings (SSSR count). The highest BCUT2D eigenvalue weighted by molar-refractivity contribution is 5.81. The molecule has 0 bridgehead atoms. The molecule has 1 saturated carbocycles. The van der Waals surface area contributed by atoms with Crippen molar-refractivity contribution in [2.75, 3.05) is 26.2 Å². The van der Waals surface area contributed by atoms with Gasteiger partial charge in [-0.3, -0.25) is 4.79 Å². The molecule has 3 aliphatic rings. The van der Waals surface area contributed by atoms with Gasteiger partial charge in [0.25, 0.3) is 5.91 Å². The molecule has 1 saturated heterocycles. The number of hydrogen-bond donors (Lipinski definition) is 3. The minimum Gasteiger partial charge on any atom is -0.475 e. The van der Waals surface area contributed by atoms with Crippen LogP contribution in [0.1, 0.15) is 64.6 Å². The average molecular weight is 546 g/mol. The molecule has 10 nitrogen and oxygen atoms in total. The molecule has 2 fully saturated rings. The Morgan fingerprint density at radius 2 is 1.79 bits per heavy atom. The third kappa shape index (κ3) is 7.84. The van der Waals surface area contributed by atoms with Crippen LogP contribution in [0.2, 0.25) is 0 Å². The van der Waals surface area contributed by atoms with E-state index < -0.39 is 23.9 Å². The highest BCUT2D eigenvalue weighted by atomic mass is 19.4. The fraction of sp³-hybridized carbons (Fsp3) is 0.760. The largest absolute Gasteiger partial charge is 0.490 e. The lowest BCUT2D eigenvalue weighted by Crippen LogP contribution is -2.56. The van der Waals surface area contributed by atoms with Crippen LogP contribution in [0, 0.1) is 11.8 Å². The first-order valence-corrected chi connectivity index (χ1v) is 13.2. The Bertz CT molecular complexity index is 953. The predicted molar refractivity (Wildman–Crippen MR) is 131 cm³/mol. The molecule has 214 valence electrons. The normalized spacial score (nSPS) is 21.3. The fourth-order valence-corrected chi connectivity index (χ4v) is 5.10. The topological polar surface area (TPSA) is 126 Å². The molecule has 3 amide bonds. The van der Waals surface area contributed by atoms with Crippen molar-refractivity contribution in [3.05, 3.63) is 18.2 Å². The second-order valence-electron chi connectivity index (χ2n) is 10.6. The molecule has 0 aromatic carbocycles. The monoisotopic (exact) mass is 545 g/mol. The summed E-state index contributed by atoms with van der Waals surface area (Å²) >= 11 is 0. The number of piperidine rings is 1. The second-order valence-corrected chi connectivity index (χ2v) is 10.6. The second kappa shape index (κ2) is 12.8. The Morgan fingerprint density at radius 1 is 1.16 bits per heavy atom. The number of ether oxygens (including phenoxy) is 1. The van der Waals surface area contributed by atoms with Crippen molar-refractivity contribution in [2.45, 2.75) is 83.2 Å². The Kier molecular flexibility index (Phi) is 10.0. The number of alkyl halides is 3. The maximum atomic E-state index is 12.7. The van der Waals surface area contributed by atoms with Gasteiger partial charge in [-0.15, -0.1) is 0 Å². The molecule has 1 atom stereocenters. The number of aromatic nitrogens is 2. The standard InChI is InChI=1S/C23H37N5O3.C2HF3O2/c1-17(2)14-25-20(29)19-16-28-13-10-24-21(28)23(31-19)8-11-27(12-9-23)22(30)26-15-18-6-4-3-5-7-18;3-2(4,5)1(6)7/h10,13,17-19H,3-9,11-12,14-16H2,1-2H3,(H,25,29)(H,26,30);(H,6,7). The van der Waals surface area contributed by atoms with E-state index in [9.17, 15) is 22.8 Å². The SMILES string of the molecule is CC(C)CNC(=O)C1Cn2ccnc2C2(CCN(C(=O)NCC3CCCCC3)CC2)O1.O=C(O)C(F)(F)F. The summed E-state index contributed by atoms with van der Waals surface area (Å²) in [5.41, 5.74) is -0.609. The van der Waals surface area contributed by atoms with Gasteiger partial charge in [0.2, 0.25) is 0 Å². The first-order valence-electron chi connectivity index (χ1n) is 13.2. The van der Waals surface area contributed by atoms with Gasteiger partial charge in [-0.25, -0.2) is 14.6 Å². The summed E-state index contributed by atoms with van der Waals surface area (Å²) in [5.74, 6) is -0.941. The van der Waals surface area contributed by atoms with Crippen LogP contribution in [-0.4, -0.2) is 75.9 Å². The van der Waals surface area contributed by atoms with Crippen LogP contribution in [0.5, 0.6) is 0 Å². The summed E-state index contributed by atoms with van der Waals surface area (Å²) in [4.78, 5) is 40.8. The fourth-order valence-electron chi connectivity index (χ4n) is 5.10. The van der Waals surface area contributed by atoms with Crippen molar-refractivity contribution < 1.29 is 37.4 Å². The van der Waals surface area contributed by atoms with Crippen LogP contribution in [0.4, 0.5) is 18.0 Å². The summed E-state index contributed by atoms with van der Waals surface area (Å²) < 4.78 is 40.2. The zero-order valence-corrected chi connectivity index (χ0v) is 21.9. The van der Waals surface area contributed by atoms with Crippen LogP contribution < -0.4 is 10.6 Å². The number of nitrogens with zero attached hydrogens (tertiary/aromatic N) is 3. The third-order valence-electron chi connectivity index (χ3n) is 7.20. The van der Waals surface area contributed by atoms with Crippen LogP contribution in [0.3, 0.4) is 0 Å². The van der Waals surface area contributed by atoms with Crippen LogP contribution in [0.15, 0.2) is 12.4 Å². The predicted octanol–water partition coefficient (Wildman–Crippen LogP) is 3.27. The molecule has 3 N–H and O–H groups in total. The molecule has 38 heavy (non-hydrogen) atoms. The number of fused-ring (bicyclic) bond motifs is 2. The molecule has 13 heteroatoms. The zero-order chi connectivity index (χ0) is 27.9. The molecule has 1 aromatic rings. The number of aliphatic carboxylic acids is 1. The highest BCUT2D eigenvalue weighted by Crippen LogP contribution is 2.40. The number of imidazole rings is 1. The van der Waals surface area contributed by atoms with Gasteiger partial charge in [0, 0.05) is 51.4 Å². The number of nitrogens with one attached hydrogen (secondary N) is 2. The van der Waals surface area contributed by atoms with E-state index in [-0.39, 0.29) is 11.9 Å². The molecule has 1 aromatic heterocycles. The Morgan fingerprint density at radius 3 is 2.37 bits per heavy atom. The van der Waals surface area contributed by atoms with Gasteiger partial charge in [-0.05, 0) is 24.7 Å². The number of carboxylic acids is 1. The van der Waals surface area contributed by atoms with Gasteiger partial charge in [0.05, 0.1) is 6.54 Å². The summed E-state index contributed by atoms with van der Waals surface area (Å²) in [6.07, 6.45) is 5.70. The number of rotatable bonds is 5. The molecular formula is C25H38F3N5O5. The van der Waals surface area contributed by atoms with Crippen molar-refractivity contribution in [3.8, 4) is 0 Å². The Labute approximate surface area is 220 Å². The minimum absolute atomic E-state index is 0.0193. The van der Waals surface area contributed by atoms with Crippen LogP contribution in [-0.2, 0) is 26.5 Å². The quantitative estimate of drug-likeness (QED) is 0.522. The molecule has 0 radical (unpaired) electrons. The van der Waals surface area contributed by atoms with Crippen molar-refractivity contribution in [1.29, 1.82) is 0 Å².